The first-order valence-electron chi connectivity index (χ1n) is 7.51. The molecule has 2 aliphatic rings. The molecule has 2 fully saturated rings. The van der Waals surface area contributed by atoms with Gasteiger partial charge in [0.05, 0.1) is 0 Å². The Morgan fingerprint density at radius 1 is 1.00 bits per heavy atom. The molecule has 3 heteroatoms. The number of halogens is 1. The van der Waals surface area contributed by atoms with Gasteiger partial charge in [0.2, 0.25) is 0 Å². The summed E-state index contributed by atoms with van der Waals surface area (Å²) in [6.07, 6.45) is 5.69. The van der Waals surface area contributed by atoms with Gasteiger partial charge in [-0.25, -0.2) is 4.39 Å². The molecule has 0 bridgehead atoms. The highest BCUT2D eigenvalue weighted by atomic mass is 19.1. The standard InChI is InChI=1S/C16H23FN2/c17-15-5-7-16(8-6-15)18-9-10-19(11-13-1-2-13)12-14-3-4-14/h5-8,13-14,18H,1-4,9-12H2. The van der Waals surface area contributed by atoms with E-state index in [0.29, 0.717) is 0 Å². The minimum atomic E-state index is -0.172. The molecule has 0 aliphatic heterocycles. The molecule has 1 N–H and O–H groups in total. The highest BCUT2D eigenvalue weighted by molar-refractivity contribution is 5.42. The summed E-state index contributed by atoms with van der Waals surface area (Å²) in [7, 11) is 0. The van der Waals surface area contributed by atoms with E-state index in [9.17, 15) is 4.39 Å². The zero-order valence-electron chi connectivity index (χ0n) is 11.4. The Morgan fingerprint density at radius 2 is 1.58 bits per heavy atom. The molecule has 0 heterocycles. The maximum atomic E-state index is 12.8. The Kier molecular flexibility index (Phi) is 4.02. The van der Waals surface area contributed by atoms with Crippen LogP contribution in [0.5, 0.6) is 0 Å². The van der Waals surface area contributed by atoms with E-state index in [1.807, 2.05) is 0 Å². The third-order valence-corrected chi connectivity index (χ3v) is 4.03. The fourth-order valence-corrected chi connectivity index (χ4v) is 2.51. The number of nitrogens with one attached hydrogen (secondary N) is 1. The Morgan fingerprint density at radius 3 is 2.11 bits per heavy atom. The zero-order valence-corrected chi connectivity index (χ0v) is 11.4. The van der Waals surface area contributed by atoms with Gasteiger partial charge in [-0.2, -0.15) is 0 Å². The van der Waals surface area contributed by atoms with Crippen LogP contribution in [0.15, 0.2) is 24.3 Å². The fourth-order valence-electron chi connectivity index (χ4n) is 2.51. The second-order valence-electron chi connectivity index (χ2n) is 6.08. The van der Waals surface area contributed by atoms with Crippen molar-refractivity contribution in [3.63, 3.8) is 0 Å². The monoisotopic (exact) mass is 262 g/mol. The van der Waals surface area contributed by atoms with E-state index in [0.717, 1.165) is 30.6 Å². The molecule has 1 aromatic carbocycles. The molecule has 2 saturated carbocycles. The van der Waals surface area contributed by atoms with Gasteiger partial charge in [0.15, 0.2) is 0 Å². The number of rotatable bonds is 8. The Labute approximate surface area is 115 Å². The number of anilines is 1. The maximum Gasteiger partial charge on any atom is 0.123 e. The van der Waals surface area contributed by atoms with Crippen molar-refractivity contribution < 1.29 is 4.39 Å². The fraction of sp³-hybridized carbons (Fsp3) is 0.625. The lowest BCUT2D eigenvalue weighted by molar-refractivity contribution is 0.262. The molecular formula is C16H23FN2. The molecule has 0 spiro atoms. The third kappa shape index (κ3) is 4.50. The summed E-state index contributed by atoms with van der Waals surface area (Å²) in [6.45, 7) is 4.61. The lowest BCUT2D eigenvalue weighted by Gasteiger charge is -2.22. The maximum absolute atomic E-state index is 12.8. The van der Waals surface area contributed by atoms with Crippen LogP contribution in [0.2, 0.25) is 0 Å². The van der Waals surface area contributed by atoms with Crippen molar-refractivity contribution >= 4 is 5.69 Å². The minimum Gasteiger partial charge on any atom is -0.384 e. The van der Waals surface area contributed by atoms with Crippen molar-refractivity contribution in [3.05, 3.63) is 30.1 Å². The molecule has 19 heavy (non-hydrogen) atoms. The summed E-state index contributed by atoms with van der Waals surface area (Å²) in [6, 6.07) is 6.63. The highest BCUT2D eigenvalue weighted by Crippen LogP contribution is 2.33. The number of nitrogens with zero attached hydrogens (tertiary/aromatic N) is 1. The molecular weight excluding hydrogens is 239 g/mol. The number of hydrogen-bond donors (Lipinski definition) is 1. The van der Waals surface area contributed by atoms with Crippen molar-refractivity contribution in [1.82, 2.24) is 4.90 Å². The van der Waals surface area contributed by atoms with E-state index >= 15 is 0 Å². The van der Waals surface area contributed by atoms with Crippen molar-refractivity contribution in [2.24, 2.45) is 11.8 Å². The molecule has 0 amide bonds. The van der Waals surface area contributed by atoms with Gasteiger partial charge in [0.1, 0.15) is 5.82 Å². The van der Waals surface area contributed by atoms with Gasteiger partial charge in [-0.1, -0.05) is 0 Å². The molecule has 3 rings (SSSR count). The largest absolute Gasteiger partial charge is 0.384 e. The SMILES string of the molecule is Fc1ccc(NCCN(CC2CC2)CC2CC2)cc1. The molecule has 1 aromatic rings. The van der Waals surface area contributed by atoms with Gasteiger partial charge in [0, 0.05) is 31.9 Å². The van der Waals surface area contributed by atoms with Crippen LogP contribution < -0.4 is 5.32 Å². The quantitative estimate of drug-likeness (QED) is 0.773. The zero-order chi connectivity index (χ0) is 13.1. The third-order valence-electron chi connectivity index (χ3n) is 4.03. The average Bonchev–Trinajstić information content (AvgIpc) is 3.27. The molecule has 2 nitrogen and oxygen atoms in total. The van der Waals surface area contributed by atoms with Crippen molar-refractivity contribution in [1.29, 1.82) is 0 Å². The van der Waals surface area contributed by atoms with E-state index in [1.54, 1.807) is 12.1 Å². The van der Waals surface area contributed by atoms with E-state index in [-0.39, 0.29) is 5.82 Å². The van der Waals surface area contributed by atoms with Crippen molar-refractivity contribution in [2.45, 2.75) is 25.7 Å². The Balaban J connectivity index is 1.41. The molecule has 0 saturated heterocycles. The predicted molar refractivity (Wildman–Crippen MR) is 76.8 cm³/mol. The molecule has 0 atom stereocenters. The molecule has 104 valence electrons. The first-order chi connectivity index (χ1) is 9.29. The van der Waals surface area contributed by atoms with Crippen molar-refractivity contribution in [3.8, 4) is 0 Å². The Bertz CT molecular complexity index is 382. The van der Waals surface area contributed by atoms with Gasteiger partial charge in [-0.3, -0.25) is 0 Å². The smallest absolute Gasteiger partial charge is 0.123 e. The summed E-state index contributed by atoms with van der Waals surface area (Å²) in [5.41, 5.74) is 1.01. The first-order valence-corrected chi connectivity index (χ1v) is 7.51. The van der Waals surface area contributed by atoms with Crippen LogP contribution in [-0.2, 0) is 0 Å². The van der Waals surface area contributed by atoms with E-state index < -0.39 is 0 Å². The Hall–Kier alpha value is -1.09. The summed E-state index contributed by atoms with van der Waals surface area (Å²) in [5.74, 6) is 1.75. The molecule has 0 radical (unpaired) electrons. The highest BCUT2D eigenvalue weighted by Gasteiger charge is 2.28. The van der Waals surface area contributed by atoms with Crippen LogP contribution in [0.25, 0.3) is 0 Å². The number of benzene rings is 1. The normalized spacial score (nSPS) is 18.8. The van der Waals surface area contributed by atoms with Gasteiger partial charge in [-0.15, -0.1) is 0 Å². The topological polar surface area (TPSA) is 15.3 Å². The molecule has 2 aliphatic carbocycles. The second kappa shape index (κ2) is 5.91. The van der Waals surface area contributed by atoms with E-state index in [4.69, 9.17) is 0 Å². The summed E-state index contributed by atoms with van der Waals surface area (Å²) >= 11 is 0. The van der Waals surface area contributed by atoms with Gasteiger partial charge >= 0.3 is 0 Å². The average molecular weight is 262 g/mol. The van der Waals surface area contributed by atoms with Gasteiger partial charge in [0.25, 0.3) is 0 Å². The van der Waals surface area contributed by atoms with Crippen molar-refractivity contribution in [2.75, 3.05) is 31.5 Å². The van der Waals surface area contributed by atoms with Gasteiger partial charge in [-0.05, 0) is 61.8 Å². The van der Waals surface area contributed by atoms with Crippen LogP contribution in [-0.4, -0.2) is 31.1 Å². The second-order valence-corrected chi connectivity index (χ2v) is 6.08. The van der Waals surface area contributed by atoms with Crippen LogP contribution in [0.1, 0.15) is 25.7 Å². The van der Waals surface area contributed by atoms with Crippen LogP contribution in [0, 0.1) is 17.7 Å². The summed E-state index contributed by atoms with van der Waals surface area (Å²) in [4.78, 5) is 2.62. The molecule has 0 unspecified atom stereocenters. The van der Waals surface area contributed by atoms with E-state index in [2.05, 4.69) is 10.2 Å². The minimum absolute atomic E-state index is 0.172. The van der Waals surface area contributed by atoms with E-state index in [1.165, 1.54) is 50.9 Å². The predicted octanol–water partition coefficient (Wildman–Crippen LogP) is 3.36. The lowest BCUT2D eigenvalue weighted by Crippen LogP contribution is -2.32. The van der Waals surface area contributed by atoms with Gasteiger partial charge < -0.3 is 10.2 Å². The van der Waals surface area contributed by atoms with Crippen LogP contribution >= 0.6 is 0 Å². The van der Waals surface area contributed by atoms with Crippen LogP contribution in [0.3, 0.4) is 0 Å². The molecule has 0 aromatic heterocycles. The van der Waals surface area contributed by atoms with Crippen LogP contribution in [0.4, 0.5) is 10.1 Å². The summed E-state index contributed by atoms with van der Waals surface area (Å²) in [5, 5.41) is 3.38. The first kappa shape index (κ1) is 12.9. The summed E-state index contributed by atoms with van der Waals surface area (Å²) < 4.78 is 12.8. The number of hydrogen-bond acceptors (Lipinski definition) is 2. The lowest BCUT2D eigenvalue weighted by atomic mass is 10.3.